The molecule has 0 saturated carbocycles. The van der Waals surface area contributed by atoms with Crippen LogP contribution in [0.25, 0.3) is 0 Å². The monoisotopic (exact) mass is 144 g/mol. The van der Waals surface area contributed by atoms with Crippen molar-refractivity contribution in [1.82, 2.24) is 0 Å². The van der Waals surface area contributed by atoms with E-state index in [1.54, 1.807) is 0 Å². The summed E-state index contributed by atoms with van der Waals surface area (Å²) in [6.07, 6.45) is 1.89. The highest BCUT2D eigenvalue weighted by molar-refractivity contribution is 7.81. The number of hydrogen-bond acceptors (Lipinski definition) is 3. The minimum atomic E-state index is 0.422. The van der Waals surface area contributed by atoms with Gasteiger partial charge in [-0.25, -0.2) is 0 Å². The lowest BCUT2D eigenvalue weighted by Gasteiger charge is -2.02. The molecule has 0 spiro atoms. The molecule has 0 unspecified atom stereocenters. The third-order valence-electron chi connectivity index (χ3n) is 1.62. The van der Waals surface area contributed by atoms with Gasteiger partial charge in [-0.2, -0.15) is 12.6 Å². The van der Waals surface area contributed by atoms with Gasteiger partial charge in [-0.3, -0.25) is 0 Å². The molecule has 0 bridgehead atoms. The van der Waals surface area contributed by atoms with Crippen LogP contribution in [0.4, 0.5) is 0 Å². The molecule has 1 aliphatic heterocycles. The maximum Gasteiger partial charge on any atom is 0.230 e. The zero-order valence-electron chi connectivity index (χ0n) is 4.96. The minimum absolute atomic E-state index is 0.422. The molecule has 0 aromatic carbocycles. The lowest BCUT2D eigenvalue weighted by Crippen LogP contribution is -1.97. The highest BCUT2D eigenvalue weighted by Gasteiger charge is 2.28. The van der Waals surface area contributed by atoms with E-state index in [1.807, 2.05) is 0 Å². The van der Waals surface area contributed by atoms with Gasteiger partial charge in [0, 0.05) is 18.1 Å². The zero-order valence-corrected chi connectivity index (χ0v) is 5.86. The van der Waals surface area contributed by atoms with Crippen LogP contribution in [-0.2, 0) is 9.47 Å². The average Bonchev–Trinajstić information content (AvgIpc) is 2.22. The van der Waals surface area contributed by atoms with Crippen LogP contribution in [0, 0.1) is 0 Å². The first kappa shape index (κ1) is 5.47. The molecule has 0 saturated heterocycles. The fourth-order valence-corrected chi connectivity index (χ4v) is 1.51. The molecule has 0 aromatic heterocycles. The Morgan fingerprint density at radius 1 is 1.22 bits per heavy atom. The molecule has 50 valence electrons. The van der Waals surface area contributed by atoms with Crippen molar-refractivity contribution in [3.63, 3.8) is 0 Å². The largest absolute Gasteiger partial charge is 0.458 e. The molecule has 1 heterocycles. The van der Waals surface area contributed by atoms with Crippen molar-refractivity contribution in [3.8, 4) is 0 Å². The van der Waals surface area contributed by atoms with Gasteiger partial charge in [0.25, 0.3) is 0 Å². The van der Waals surface area contributed by atoms with Gasteiger partial charge in [0.1, 0.15) is 11.5 Å². The van der Waals surface area contributed by atoms with Crippen molar-refractivity contribution < 1.29 is 9.47 Å². The first-order valence-corrected chi connectivity index (χ1v) is 3.53. The zero-order chi connectivity index (χ0) is 6.27. The molecule has 0 radical (unpaired) electrons. The van der Waals surface area contributed by atoms with Crippen LogP contribution in [0.3, 0.4) is 0 Å². The molecule has 0 amide bonds. The van der Waals surface area contributed by atoms with E-state index in [-0.39, 0.29) is 0 Å². The van der Waals surface area contributed by atoms with E-state index in [2.05, 4.69) is 12.6 Å². The number of allylic oxidation sites excluding steroid dienone is 2. The van der Waals surface area contributed by atoms with Crippen molar-refractivity contribution in [3.05, 3.63) is 11.5 Å². The number of thiol groups is 1. The van der Waals surface area contributed by atoms with Gasteiger partial charge in [0.15, 0.2) is 0 Å². The van der Waals surface area contributed by atoms with Crippen LogP contribution in [0.1, 0.15) is 12.8 Å². The summed E-state index contributed by atoms with van der Waals surface area (Å²) in [6.45, 7) is 0.422. The molecular weight excluding hydrogens is 136 g/mol. The Labute approximate surface area is 59.2 Å². The van der Waals surface area contributed by atoms with E-state index >= 15 is 0 Å². The molecule has 0 atom stereocenters. The molecule has 2 nitrogen and oxygen atoms in total. The lowest BCUT2D eigenvalue weighted by atomic mass is 10.3. The summed E-state index contributed by atoms with van der Waals surface area (Å²) >= 11 is 4.30. The quantitative estimate of drug-likeness (QED) is 0.516. The highest BCUT2D eigenvalue weighted by Crippen LogP contribution is 2.34. The van der Waals surface area contributed by atoms with Crippen LogP contribution in [-0.4, -0.2) is 12.0 Å². The van der Waals surface area contributed by atoms with E-state index in [0.717, 1.165) is 24.4 Å². The van der Waals surface area contributed by atoms with Gasteiger partial charge in [-0.05, 0) is 0 Å². The molecule has 3 heteroatoms. The topological polar surface area (TPSA) is 18.5 Å². The van der Waals surface area contributed by atoms with Gasteiger partial charge in [-0.1, -0.05) is 0 Å². The Bertz CT molecular complexity index is 148. The Morgan fingerprint density at radius 2 is 1.78 bits per heavy atom. The Morgan fingerprint density at radius 3 is 2.33 bits per heavy atom. The summed E-state index contributed by atoms with van der Waals surface area (Å²) in [4.78, 5) is 0. The van der Waals surface area contributed by atoms with Crippen LogP contribution < -0.4 is 0 Å². The molecule has 0 fully saturated rings. The van der Waals surface area contributed by atoms with Gasteiger partial charge in [0.2, 0.25) is 6.79 Å². The maximum absolute atomic E-state index is 5.16. The Hall–Kier alpha value is -0.310. The van der Waals surface area contributed by atoms with Gasteiger partial charge in [-0.15, -0.1) is 0 Å². The van der Waals surface area contributed by atoms with Gasteiger partial charge >= 0.3 is 0 Å². The molecule has 0 aromatic rings. The summed E-state index contributed by atoms with van der Waals surface area (Å²) in [7, 11) is 0. The normalized spacial score (nSPS) is 25.9. The summed E-state index contributed by atoms with van der Waals surface area (Å²) in [5, 5.41) is 0.426. The Balaban J connectivity index is 2.15. The van der Waals surface area contributed by atoms with E-state index in [1.165, 1.54) is 0 Å². The lowest BCUT2D eigenvalue weighted by molar-refractivity contribution is 0.0616. The van der Waals surface area contributed by atoms with Crippen LogP contribution >= 0.6 is 12.6 Å². The molecule has 9 heavy (non-hydrogen) atoms. The molecule has 2 aliphatic rings. The van der Waals surface area contributed by atoms with Crippen molar-refractivity contribution in [2.24, 2.45) is 0 Å². The van der Waals surface area contributed by atoms with Crippen LogP contribution in [0.15, 0.2) is 11.5 Å². The second-order valence-corrected chi connectivity index (χ2v) is 3.05. The SMILES string of the molecule is SC1CC2=C(C1)OCO2. The fraction of sp³-hybridized carbons (Fsp3) is 0.667. The summed E-state index contributed by atoms with van der Waals surface area (Å²) in [5.41, 5.74) is 0. The maximum atomic E-state index is 5.16. The van der Waals surface area contributed by atoms with Crippen LogP contribution in [0.2, 0.25) is 0 Å². The van der Waals surface area contributed by atoms with Crippen molar-refractivity contribution in [2.75, 3.05) is 6.79 Å². The second-order valence-electron chi connectivity index (χ2n) is 2.31. The average molecular weight is 144 g/mol. The summed E-state index contributed by atoms with van der Waals surface area (Å²) in [6, 6.07) is 0. The predicted molar refractivity (Wildman–Crippen MR) is 36.1 cm³/mol. The van der Waals surface area contributed by atoms with E-state index in [4.69, 9.17) is 9.47 Å². The highest BCUT2D eigenvalue weighted by atomic mass is 32.1. The molecular formula is C6H8O2S. The van der Waals surface area contributed by atoms with Gasteiger partial charge < -0.3 is 9.47 Å². The summed E-state index contributed by atoms with van der Waals surface area (Å²) < 4.78 is 10.3. The standard InChI is InChI=1S/C6H8O2S/c9-4-1-5-6(2-4)8-3-7-5/h4,9H,1-3H2. The minimum Gasteiger partial charge on any atom is -0.458 e. The predicted octanol–water partition coefficient (Wildman–Crippen LogP) is 1.29. The molecule has 0 N–H and O–H groups in total. The van der Waals surface area contributed by atoms with E-state index in [9.17, 15) is 0 Å². The number of hydrogen-bond donors (Lipinski definition) is 1. The number of rotatable bonds is 0. The number of ether oxygens (including phenoxy) is 2. The second kappa shape index (κ2) is 1.84. The summed E-state index contributed by atoms with van der Waals surface area (Å²) in [5.74, 6) is 2.05. The van der Waals surface area contributed by atoms with Crippen molar-refractivity contribution in [2.45, 2.75) is 18.1 Å². The third-order valence-corrected chi connectivity index (χ3v) is 1.98. The molecule has 1 aliphatic carbocycles. The first-order chi connectivity index (χ1) is 4.36. The van der Waals surface area contributed by atoms with Crippen LogP contribution in [0.5, 0.6) is 0 Å². The molecule has 2 rings (SSSR count). The fourth-order valence-electron chi connectivity index (χ4n) is 1.18. The Kier molecular flexibility index (Phi) is 1.12. The van der Waals surface area contributed by atoms with E-state index in [0.29, 0.717) is 12.0 Å². The van der Waals surface area contributed by atoms with E-state index < -0.39 is 0 Å². The smallest absolute Gasteiger partial charge is 0.230 e. The van der Waals surface area contributed by atoms with Crippen molar-refractivity contribution >= 4 is 12.6 Å². The van der Waals surface area contributed by atoms with Crippen molar-refractivity contribution in [1.29, 1.82) is 0 Å². The van der Waals surface area contributed by atoms with Gasteiger partial charge in [0.05, 0.1) is 0 Å². The first-order valence-electron chi connectivity index (χ1n) is 3.02. The third kappa shape index (κ3) is 0.796.